The van der Waals surface area contributed by atoms with Crippen LogP contribution in [0.25, 0.3) is 77.9 Å². The second kappa shape index (κ2) is 14.6. The molecular weight excluding hydrogens is 725 g/mol. The molecule has 0 amide bonds. The molecule has 12 rings (SSSR count). The lowest BCUT2D eigenvalue weighted by atomic mass is 9.83. The van der Waals surface area contributed by atoms with Crippen molar-refractivity contribution in [1.29, 1.82) is 0 Å². The standard InChI is InChI=1S/C58H48N2/c1-3-16-43-34-46(26-24-39(43)12-1)45-18-9-19-47(36-45)57-51-30-28-50(60-33-11-21-42-15-6-8-23-56(42)60)38-54(51)58(48-27-25-40-13-2-4-17-44(40)35-48)52-31-29-49(37-53(52)57)59-32-10-20-41-14-5-7-22-55(41)59/h1-5,7-9,12-14,16-19,22-28,30-31,34-38,49H,6,10-11,15,20-21,29,32-33H2. The minimum absolute atomic E-state index is 0.263. The van der Waals surface area contributed by atoms with Crippen molar-refractivity contribution in [3.05, 3.63) is 191 Å². The molecule has 1 unspecified atom stereocenters. The molecule has 1 atom stereocenters. The Balaban J connectivity index is 1.14. The SMILES string of the molecule is C1=CC2=C(CC1)CCCN2c1ccc2c(-c3cccc(-c4ccc5ccccc5c4)c3)c3c(c(-c4ccc5ccccc5c4)c2c1)=CCC(N1CCCc2ccccc21)C=3. The number of hydrogen-bond donors (Lipinski definition) is 0. The third kappa shape index (κ3) is 6.00. The van der Waals surface area contributed by atoms with Crippen LogP contribution in [-0.2, 0) is 6.42 Å². The van der Waals surface area contributed by atoms with E-state index in [2.05, 4.69) is 186 Å². The van der Waals surface area contributed by atoms with Crippen molar-refractivity contribution in [2.24, 2.45) is 0 Å². The molecule has 0 saturated carbocycles. The minimum Gasteiger partial charge on any atom is -0.365 e. The van der Waals surface area contributed by atoms with Crippen LogP contribution in [0.4, 0.5) is 11.4 Å². The summed E-state index contributed by atoms with van der Waals surface area (Å²) < 4.78 is 0. The van der Waals surface area contributed by atoms with Gasteiger partial charge in [0.15, 0.2) is 0 Å². The second-order valence-electron chi connectivity index (χ2n) is 17.3. The van der Waals surface area contributed by atoms with Gasteiger partial charge in [0.2, 0.25) is 0 Å². The van der Waals surface area contributed by atoms with E-state index in [9.17, 15) is 0 Å². The Bertz CT molecular complexity index is 3220. The quantitative estimate of drug-likeness (QED) is 0.172. The first-order valence-electron chi connectivity index (χ1n) is 22.1. The summed E-state index contributed by atoms with van der Waals surface area (Å²) in [4.78, 5) is 5.30. The third-order valence-electron chi connectivity index (χ3n) is 13.8. The zero-order chi connectivity index (χ0) is 39.6. The Kier molecular flexibility index (Phi) is 8.58. The summed E-state index contributed by atoms with van der Waals surface area (Å²) in [7, 11) is 0. The largest absolute Gasteiger partial charge is 0.365 e. The van der Waals surface area contributed by atoms with Crippen molar-refractivity contribution in [1.82, 2.24) is 0 Å². The summed E-state index contributed by atoms with van der Waals surface area (Å²) in [6.07, 6.45) is 18.0. The lowest BCUT2D eigenvalue weighted by Gasteiger charge is -2.37. The molecule has 2 heterocycles. The van der Waals surface area contributed by atoms with Crippen LogP contribution >= 0.6 is 0 Å². The monoisotopic (exact) mass is 772 g/mol. The van der Waals surface area contributed by atoms with Crippen LogP contribution in [0, 0.1) is 0 Å². The van der Waals surface area contributed by atoms with Gasteiger partial charge in [-0.15, -0.1) is 0 Å². The molecule has 0 aromatic heterocycles. The Hall–Kier alpha value is -6.64. The summed E-state index contributed by atoms with van der Waals surface area (Å²) in [6, 6.07) is 57.7. The summed E-state index contributed by atoms with van der Waals surface area (Å²) in [6.45, 7) is 2.12. The zero-order valence-corrected chi connectivity index (χ0v) is 34.1. The van der Waals surface area contributed by atoms with E-state index in [1.165, 1.54) is 124 Å². The summed E-state index contributed by atoms with van der Waals surface area (Å²) >= 11 is 0. The number of anilines is 2. The maximum absolute atomic E-state index is 2.69. The van der Waals surface area contributed by atoms with Gasteiger partial charge in [-0.25, -0.2) is 0 Å². The molecule has 4 aliphatic rings. The molecule has 60 heavy (non-hydrogen) atoms. The molecule has 0 saturated heterocycles. The van der Waals surface area contributed by atoms with Crippen LogP contribution in [0.5, 0.6) is 0 Å². The number of benzene rings is 8. The van der Waals surface area contributed by atoms with E-state index in [0.717, 1.165) is 32.4 Å². The van der Waals surface area contributed by atoms with Crippen molar-refractivity contribution < 1.29 is 0 Å². The highest BCUT2D eigenvalue weighted by atomic mass is 15.2. The number of hydrogen-bond acceptors (Lipinski definition) is 2. The fourth-order valence-electron chi connectivity index (χ4n) is 11.0. The Morgan fingerprint density at radius 1 is 0.500 bits per heavy atom. The molecular formula is C58H48N2. The second-order valence-corrected chi connectivity index (χ2v) is 17.3. The third-order valence-corrected chi connectivity index (χ3v) is 13.8. The predicted molar refractivity (Wildman–Crippen MR) is 256 cm³/mol. The minimum atomic E-state index is 0.263. The van der Waals surface area contributed by atoms with Crippen molar-refractivity contribution in [2.45, 2.75) is 51.0 Å². The number of aryl methyl sites for hydroxylation is 1. The van der Waals surface area contributed by atoms with Gasteiger partial charge in [0.1, 0.15) is 0 Å². The topological polar surface area (TPSA) is 6.48 Å². The first-order valence-corrected chi connectivity index (χ1v) is 22.1. The molecule has 2 aliphatic heterocycles. The van der Waals surface area contributed by atoms with Gasteiger partial charge in [0.05, 0.1) is 6.04 Å². The van der Waals surface area contributed by atoms with Crippen LogP contribution in [0.3, 0.4) is 0 Å². The van der Waals surface area contributed by atoms with Gasteiger partial charge in [-0.1, -0.05) is 133 Å². The smallest absolute Gasteiger partial charge is 0.0517 e. The average molecular weight is 773 g/mol. The lowest BCUT2D eigenvalue weighted by molar-refractivity contribution is 0.651. The lowest BCUT2D eigenvalue weighted by Crippen LogP contribution is -2.43. The van der Waals surface area contributed by atoms with Crippen LogP contribution < -0.4 is 20.2 Å². The Labute approximate surface area is 352 Å². The highest BCUT2D eigenvalue weighted by Gasteiger charge is 2.27. The first-order chi connectivity index (χ1) is 29.7. The Morgan fingerprint density at radius 3 is 2.07 bits per heavy atom. The molecule has 0 N–H and O–H groups in total. The van der Waals surface area contributed by atoms with E-state index in [1.54, 1.807) is 5.57 Å². The molecule has 290 valence electrons. The molecule has 2 heteroatoms. The summed E-state index contributed by atoms with van der Waals surface area (Å²) in [5.41, 5.74) is 14.9. The van der Waals surface area contributed by atoms with Gasteiger partial charge >= 0.3 is 0 Å². The first kappa shape index (κ1) is 35.3. The van der Waals surface area contributed by atoms with Crippen molar-refractivity contribution in [3.63, 3.8) is 0 Å². The van der Waals surface area contributed by atoms with E-state index in [1.807, 2.05) is 0 Å². The van der Waals surface area contributed by atoms with Gasteiger partial charge in [0.25, 0.3) is 0 Å². The maximum Gasteiger partial charge on any atom is 0.0517 e. The number of nitrogens with zero attached hydrogens (tertiary/aromatic N) is 2. The van der Waals surface area contributed by atoms with Crippen LogP contribution in [0.1, 0.15) is 44.1 Å². The predicted octanol–water partition coefficient (Wildman–Crippen LogP) is 13.1. The Morgan fingerprint density at radius 2 is 1.20 bits per heavy atom. The highest BCUT2D eigenvalue weighted by Crippen LogP contribution is 2.40. The van der Waals surface area contributed by atoms with E-state index in [4.69, 9.17) is 0 Å². The number of rotatable bonds is 5. The highest BCUT2D eigenvalue weighted by molar-refractivity contribution is 6.08. The van der Waals surface area contributed by atoms with Crippen molar-refractivity contribution in [2.75, 3.05) is 22.9 Å². The molecule has 8 aromatic carbocycles. The van der Waals surface area contributed by atoms with Gasteiger partial charge in [-0.2, -0.15) is 0 Å². The van der Waals surface area contributed by atoms with Crippen LogP contribution in [-0.4, -0.2) is 19.1 Å². The van der Waals surface area contributed by atoms with Gasteiger partial charge in [-0.3, -0.25) is 0 Å². The van der Waals surface area contributed by atoms with Crippen molar-refractivity contribution >= 4 is 55.8 Å². The molecule has 0 bridgehead atoms. The average Bonchev–Trinajstić information content (AvgIpc) is 3.32. The summed E-state index contributed by atoms with van der Waals surface area (Å²) in [5, 5.41) is 10.4. The molecule has 8 aromatic rings. The van der Waals surface area contributed by atoms with Crippen LogP contribution in [0.15, 0.2) is 175 Å². The normalized spacial score (nSPS) is 17.3. The zero-order valence-electron chi connectivity index (χ0n) is 34.1. The molecule has 2 nitrogen and oxygen atoms in total. The van der Waals surface area contributed by atoms with Gasteiger partial charge in [-0.05, 0) is 175 Å². The summed E-state index contributed by atoms with van der Waals surface area (Å²) in [5.74, 6) is 0. The van der Waals surface area contributed by atoms with Gasteiger partial charge < -0.3 is 9.80 Å². The molecule has 0 radical (unpaired) electrons. The molecule has 0 fully saturated rings. The fourth-order valence-corrected chi connectivity index (χ4v) is 11.0. The van der Waals surface area contributed by atoms with Crippen LogP contribution in [0.2, 0.25) is 0 Å². The van der Waals surface area contributed by atoms with E-state index in [-0.39, 0.29) is 6.04 Å². The molecule has 0 spiro atoms. The van der Waals surface area contributed by atoms with E-state index in [0.29, 0.717) is 0 Å². The van der Waals surface area contributed by atoms with Gasteiger partial charge in [0, 0.05) is 30.2 Å². The number of fused-ring (bicyclic) bond motifs is 5. The molecule has 2 aliphatic carbocycles. The fraction of sp³-hybridized carbons (Fsp3) is 0.172. The van der Waals surface area contributed by atoms with E-state index < -0.39 is 0 Å². The van der Waals surface area contributed by atoms with Crippen molar-refractivity contribution in [3.8, 4) is 33.4 Å². The maximum atomic E-state index is 2.69. The number of allylic oxidation sites excluding steroid dienone is 3. The number of para-hydroxylation sites is 1. The van der Waals surface area contributed by atoms with E-state index >= 15 is 0 Å².